The highest BCUT2D eigenvalue weighted by atomic mass is 32.3. The standard InChI is InChI=1S/C26H41NO34S4/c1-5(28)27-9-12(32)11(31)8(3-53-63(43,44)45)54-23(9)57-19-10(30)7(29)2-52-26(19,25(38)39)59-14-6(4-62(40,41)42)15(60-64(46,47)48)24(58-21(14)36)56-16-13(33)17(61-65(49,50)51)22(37)55-18(16)20(34)35/h6-19,21-24,29-33,36-37H,2-4H2,1H3,(H,27,28)(H,34,35)(H,38,39)(H,40,41,42)(H,43,44,45)(H,46,47,48)(H,49,50,51)/t6-,7?,8+,9+,10?,11+,12+,13-,14-,15+,16-,17+,18+,19?,21-,22?,23+,24-,26?/m0/s1. The Morgan fingerprint density at radius 1 is 0.677 bits per heavy atom. The first-order chi connectivity index (χ1) is 29.6. The van der Waals surface area contributed by atoms with Gasteiger partial charge in [-0.25, -0.2) is 22.1 Å². The van der Waals surface area contributed by atoms with Crippen molar-refractivity contribution < 1.29 is 158 Å². The fraction of sp³-hybridized carbons (Fsp3) is 0.885. The maximum absolute atomic E-state index is 13.2. The quantitative estimate of drug-likeness (QED) is 0.0567. The summed E-state index contributed by atoms with van der Waals surface area (Å²) in [6.45, 7) is -1.86. The van der Waals surface area contributed by atoms with Crippen LogP contribution in [0.3, 0.4) is 0 Å². The normalized spacial score (nSPS) is 41.0. The van der Waals surface area contributed by atoms with E-state index in [1.54, 1.807) is 0 Å². The van der Waals surface area contributed by atoms with Crippen molar-refractivity contribution in [1.82, 2.24) is 5.32 Å². The molecule has 39 heteroatoms. The lowest BCUT2D eigenvalue weighted by atomic mass is 9.91. The van der Waals surface area contributed by atoms with Gasteiger partial charge < -0.3 is 84.4 Å². The van der Waals surface area contributed by atoms with Gasteiger partial charge in [0.25, 0.3) is 15.9 Å². The molecule has 4 saturated heterocycles. The molecule has 0 aromatic heterocycles. The van der Waals surface area contributed by atoms with E-state index < -0.39 is 194 Å². The van der Waals surface area contributed by atoms with Gasteiger partial charge >= 0.3 is 43.1 Å². The molecule has 0 radical (unpaired) electrons. The first kappa shape index (κ1) is 55.0. The molecule has 378 valence electrons. The molecule has 19 atom stereocenters. The van der Waals surface area contributed by atoms with E-state index in [1.807, 2.05) is 5.32 Å². The number of amides is 1. The number of aliphatic hydroxyl groups excluding tert-OH is 7. The Morgan fingerprint density at radius 3 is 1.75 bits per heavy atom. The Labute approximate surface area is 363 Å². The number of nitrogens with one attached hydrogen (secondary N) is 1. The molecule has 1 amide bonds. The molecule has 4 rings (SSSR count). The van der Waals surface area contributed by atoms with Crippen LogP contribution in [0.5, 0.6) is 0 Å². The van der Waals surface area contributed by atoms with Gasteiger partial charge in [0.1, 0.15) is 61.0 Å². The molecular formula is C26H41NO34S4. The molecule has 0 aromatic rings. The van der Waals surface area contributed by atoms with Crippen molar-refractivity contribution in [1.29, 1.82) is 0 Å². The average molecular weight is 1040 g/mol. The van der Waals surface area contributed by atoms with Crippen molar-refractivity contribution in [2.24, 2.45) is 5.92 Å². The molecule has 0 bridgehead atoms. The number of ether oxygens (including phenoxy) is 7. The van der Waals surface area contributed by atoms with Crippen LogP contribution in [0.25, 0.3) is 0 Å². The molecule has 0 aliphatic carbocycles. The maximum atomic E-state index is 13.2. The lowest BCUT2D eigenvalue weighted by Gasteiger charge is -2.51. The lowest BCUT2D eigenvalue weighted by molar-refractivity contribution is -0.413. The number of carboxylic acids is 2. The van der Waals surface area contributed by atoms with Crippen LogP contribution in [-0.2, 0) is 101 Å². The number of carboxylic acid groups (broad SMARTS) is 2. The van der Waals surface area contributed by atoms with Crippen LogP contribution in [0.1, 0.15) is 6.92 Å². The third-order valence-electron chi connectivity index (χ3n) is 9.50. The predicted octanol–water partition coefficient (Wildman–Crippen LogP) is -9.84. The van der Waals surface area contributed by atoms with E-state index in [1.165, 1.54) is 0 Å². The number of aliphatic hydroxyl groups is 7. The Hall–Kier alpha value is -2.63. The Kier molecular flexibility index (Phi) is 17.4. The average Bonchev–Trinajstić information content (AvgIpc) is 3.13. The lowest BCUT2D eigenvalue weighted by Crippen LogP contribution is -2.72. The van der Waals surface area contributed by atoms with Crippen molar-refractivity contribution in [3.8, 4) is 0 Å². The smallest absolute Gasteiger partial charge is 0.397 e. The van der Waals surface area contributed by atoms with Gasteiger partial charge in [0.15, 0.2) is 43.5 Å². The van der Waals surface area contributed by atoms with Gasteiger partial charge in [-0.1, -0.05) is 0 Å². The number of aliphatic carboxylic acids is 2. The van der Waals surface area contributed by atoms with Gasteiger partial charge in [-0.2, -0.15) is 33.7 Å². The van der Waals surface area contributed by atoms with E-state index >= 15 is 0 Å². The fourth-order valence-corrected chi connectivity index (χ4v) is 9.00. The van der Waals surface area contributed by atoms with Gasteiger partial charge in [0.05, 0.1) is 19.0 Å². The van der Waals surface area contributed by atoms with E-state index in [-0.39, 0.29) is 0 Å². The number of carbonyl (C=O) groups is 3. The first-order valence-corrected chi connectivity index (χ1v) is 23.2. The minimum atomic E-state index is -6.03. The number of carbonyl (C=O) groups excluding carboxylic acids is 1. The summed E-state index contributed by atoms with van der Waals surface area (Å²) in [6.07, 6.45) is -42.6. The van der Waals surface area contributed by atoms with Gasteiger partial charge in [-0.3, -0.25) is 23.0 Å². The van der Waals surface area contributed by atoms with Crippen molar-refractivity contribution >= 4 is 59.2 Å². The zero-order chi connectivity index (χ0) is 49.5. The van der Waals surface area contributed by atoms with Crippen molar-refractivity contribution in [3.05, 3.63) is 0 Å². The molecule has 65 heavy (non-hydrogen) atoms. The molecule has 4 aliphatic rings. The monoisotopic (exact) mass is 1040 g/mol. The summed E-state index contributed by atoms with van der Waals surface area (Å²) in [5, 5.41) is 97.7. The molecule has 5 unspecified atom stereocenters. The number of rotatable bonds is 18. The van der Waals surface area contributed by atoms with Crippen molar-refractivity contribution in [2.75, 3.05) is 19.0 Å². The summed E-state index contributed by atoms with van der Waals surface area (Å²) >= 11 is 0. The summed E-state index contributed by atoms with van der Waals surface area (Å²) in [7, 11) is -22.6. The molecule has 0 spiro atoms. The first-order valence-electron chi connectivity index (χ1n) is 17.5. The number of hydrogen-bond donors (Lipinski definition) is 14. The Morgan fingerprint density at radius 2 is 1.25 bits per heavy atom. The largest absolute Gasteiger partial charge is 0.479 e. The molecule has 4 aliphatic heterocycles. The molecule has 0 saturated carbocycles. The number of hydrogen-bond acceptors (Lipinski definition) is 28. The zero-order valence-corrected chi connectivity index (χ0v) is 35.3. The van der Waals surface area contributed by atoms with Crippen LogP contribution in [0.2, 0.25) is 0 Å². The molecule has 4 fully saturated rings. The zero-order valence-electron chi connectivity index (χ0n) is 32.0. The minimum absolute atomic E-state index is 0.817. The van der Waals surface area contributed by atoms with Crippen LogP contribution in [0, 0.1) is 5.92 Å². The Bertz CT molecular complexity index is 2180. The maximum Gasteiger partial charge on any atom is 0.397 e. The van der Waals surface area contributed by atoms with E-state index in [0.717, 1.165) is 6.92 Å². The summed E-state index contributed by atoms with van der Waals surface area (Å²) in [5.41, 5.74) is 0. The topological polar surface area (TPSA) is 555 Å². The van der Waals surface area contributed by atoms with E-state index in [2.05, 4.69) is 17.3 Å². The van der Waals surface area contributed by atoms with Crippen molar-refractivity contribution in [3.63, 3.8) is 0 Å². The predicted molar refractivity (Wildman–Crippen MR) is 187 cm³/mol. The van der Waals surface area contributed by atoms with E-state index in [4.69, 9.17) is 37.5 Å². The van der Waals surface area contributed by atoms with Crippen LogP contribution < -0.4 is 5.32 Å². The van der Waals surface area contributed by atoms with Gasteiger partial charge in [0.2, 0.25) is 5.91 Å². The second kappa shape index (κ2) is 20.5. The highest BCUT2D eigenvalue weighted by Crippen LogP contribution is 2.41. The molecular weight excluding hydrogens is 999 g/mol. The SMILES string of the molecule is CC(=O)N[C@H]1[C@@H](OC2C(O)C(O)COC2(O[C@H]2[C@H](CS(=O)(=O)O)[C@@H](OS(=O)(=O)O)[C@@H](O[C@H]3[C@H](O)[C@@H](OS(=O)(=O)O)C(O)O[C@H]3C(=O)O)O[C@@H]2O)C(=O)O)O[C@H](COS(=O)(=O)O)[C@@H](O)[C@@H]1O. The highest BCUT2D eigenvalue weighted by molar-refractivity contribution is 7.85. The van der Waals surface area contributed by atoms with Crippen LogP contribution in [-0.4, -0.2) is 245 Å². The molecule has 35 nitrogen and oxygen atoms in total. The third kappa shape index (κ3) is 13.8. The Balaban J connectivity index is 1.84. The van der Waals surface area contributed by atoms with Crippen molar-refractivity contribution in [2.45, 2.75) is 117 Å². The second-order valence-corrected chi connectivity index (χ2v) is 18.8. The van der Waals surface area contributed by atoms with Crippen LogP contribution in [0.4, 0.5) is 0 Å². The minimum Gasteiger partial charge on any atom is -0.479 e. The summed E-state index contributed by atoms with van der Waals surface area (Å²) < 4.78 is 181. The second-order valence-electron chi connectivity index (χ2n) is 14.1. The van der Waals surface area contributed by atoms with E-state index in [0.29, 0.717) is 0 Å². The van der Waals surface area contributed by atoms with Gasteiger partial charge in [-0.15, -0.1) is 0 Å². The van der Waals surface area contributed by atoms with E-state index in [9.17, 15) is 103 Å². The fourth-order valence-electron chi connectivity index (χ4n) is 6.82. The van der Waals surface area contributed by atoms with Crippen LogP contribution >= 0.6 is 0 Å². The summed E-state index contributed by atoms with van der Waals surface area (Å²) in [4.78, 5) is 37.4. The molecule has 4 heterocycles. The molecule has 14 N–H and O–H groups in total. The summed E-state index contributed by atoms with van der Waals surface area (Å²) in [5.74, 6) is -14.4. The van der Waals surface area contributed by atoms with Gasteiger partial charge in [0, 0.05) is 12.8 Å². The third-order valence-corrected chi connectivity index (χ3v) is 11.7. The highest BCUT2D eigenvalue weighted by Gasteiger charge is 2.65. The molecule has 0 aromatic carbocycles. The van der Waals surface area contributed by atoms with Crippen LogP contribution in [0.15, 0.2) is 0 Å². The summed E-state index contributed by atoms with van der Waals surface area (Å²) in [6, 6.07) is -2.08. The van der Waals surface area contributed by atoms with Gasteiger partial charge in [-0.05, 0) is 0 Å².